The second kappa shape index (κ2) is 7.99. The first-order valence-electron chi connectivity index (χ1n) is 6.40. The van der Waals surface area contributed by atoms with Crippen molar-refractivity contribution in [2.24, 2.45) is 5.92 Å². The van der Waals surface area contributed by atoms with Gasteiger partial charge in [-0.2, -0.15) is 0 Å². The molecule has 0 aliphatic rings. The lowest BCUT2D eigenvalue weighted by molar-refractivity contribution is -0.141. The summed E-state index contributed by atoms with van der Waals surface area (Å²) in [6.07, 6.45) is 0.0382. The van der Waals surface area contributed by atoms with Gasteiger partial charge in [0.2, 0.25) is 0 Å². The molecule has 1 unspecified atom stereocenters. The predicted octanol–water partition coefficient (Wildman–Crippen LogP) is 1.46. The molecule has 0 aromatic carbocycles. The molecule has 0 aromatic heterocycles. The molecule has 0 heterocycles. The van der Waals surface area contributed by atoms with Crippen LogP contribution < -0.4 is 5.32 Å². The summed E-state index contributed by atoms with van der Waals surface area (Å²) >= 11 is 0. The van der Waals surface area contributed by atoms with Crippen molar-refractivity contribution in [3.63, 3.8) is 0 Å². The van der Waals surface area contributed by atoms with E-state index in [-0.39, 0.29) is 18.9 Å². The van der Waals surface area contributed by atoms with Crippen LogP contribution in [0.1, 0.15) is 40.5 Å². The summed E-state index contributed by atoms with van der Waals surface area (Å²) in [4.78, 5) is 23.0. The van der Waals surface area contributed by atoms with E-state index in [1.165, 1.54) is 7.11 Å². The molecule has 19 heavy (non-hydrogen) atoms. The molecule has 0 aromatic rings. The van der Waals surface area contributed by atoms with Crippen LogP contribution in [-0.2, 0) is 14.3 Å². The van der Waals surface area contributed by atoms with E-state index in [9.17, 15) is 14.7 Å². The van der Waals surface area contributed by atoms with E-state index in [4.69, 9.17) is 4.74 Å². The topological polar surface area (TPSA) is 84.9 Å². The zero-order chi connectivity index (χ0) is 15.1. The van der Waals surface area contributed by atoms with Crippen LogP contribution in [0, 0.1) is 5.92 Å². The number of hydrogen-bond donors (Lipinski definition) is 2. The van der Waals surface area contributed by atoms with Gasteiger partial charge in [-0.25, -0.2) is 4.79 Å². The molecule has 0 aliphatic carbocycles. The van der Waals surface area contributed by atoms with Gasteiger partial charge in [-0.1, -0.05) is 6.92 Å². The summed E-state index contributed by atoms with van der Waals surface area (Å²) in [5.74, 6) is -0.653. The molecular weight excluding hydrogens is 250 g/mol. The lowest BCUT2D eigenvalue weighted by Gasteiger charge is -2.27. The highest BCUT2D eigenvalue weighted by Gasteiger charge is 2.26. The zero-order valence-corrected chi connectivity index (χ0v) is 12.4. The molecule has 0 bridgehead atoms. The number of aliphatic hydroxyl groups is 1. The molecule has 0 saturated heterocycles. The highest BCUT2D eigenvalue weighted by atomic mass is 16.6. The predicted molar refractivity (Wildman–Crippen MR) is 70.7 cm³/mol. The summed E-state index contributed by atoms with van der Waals surface area (Å²) in [5, 5.41) is 11.9. The Bertz CT molecular complexity index is 294. The molecule has 6 heteroatoms. The third-order valence-electron chi connectivity index (χ3n) is 2.64. The first kappa shape index (κ1) is 17.7. The number of esters is 1. The Balaban J connectivity index is 4.65. The Morgan fingerprint density at radius 2 is 1.89 bits per heavy atom. The highest BCUT2D eigenvalue weighted by Crippen LogP contribution is 2.14. The van der Waals surface area contributed by atoms with Crippen molar-refractivity contribution in [2.75, 3.05) is 13.7 Å². The lowest BCUT2D eigenvalue weighted by atomic mass is 9.95. The molecule has 6 nitrogen and oxygen atoms in total. The van der Waals surface area contributed by atoms with Gasteiger partial charge in [0.15, 0.2) is 0 Å². The summed E-state index contributed by atoms with van der Waals surface area (Å²) < 4.78 is 9.73. The van der Waals surface area contributed by atoms with Crippen molar-refractivity contribution in [1.82, 2.24) is 5.32 Å². The minimum absolute atomic E-state index is 0.00874. The third kappa shape index (κ3) is 7.66. The highest BCUT2D eigenvalue weighted by molar-refractivity contribution is 5.72. The summed E-state index contributed by atoms with van der Waals surface area (Å²) in [6, 6.07) is -0.503. The molecule has 112 valence electrons. The van der Waals surface area contributed by atoms with Crippen LogP contribution in [0.3, 0.4) is 0 Å². The number of carbonyl (C=O) groups is 2. The van der Waals surface area contributed by atoms with Crippen LogP contribution in [0.15, 0.2) is 0 Å². The van der Waals surface area contributed by atoms with E-state index in [2.05, 4.69) is 10.1 Å². The van der Waals surface area contributed by atoms with E-state index in [1.54, 1.807) is 20.8 Å². The number of ether oxygens (including phenoxy) is 2. The fourth-order valence-corrected chi connectivity index (χ4v) is 1.60. The van der Waals surface area contributed by atoms with Gasteiger partial charge >= 0.3 is 12.1 Å². The molecule has 0 fully saturated rings. The van der Waals surface area contributed by atoms with Crippen molar-refractivity contribution in [3.8, 4) is 0 Å². The third-order valence-corrected chi connectivity index (χ3v) is 2.64. The molecule has 0 radical (unpaired) electrons. The van der Waals surface area contributed by atoms with Crippen molar-refractivity contribution in [3.05, 3.63) is 0 Å². The van der Waals surface area contributed by atoms with Crippen molar-refractivity contribution < 1.29 is 24.2 Å². The molecular formula is C13H25NO5. The van der Waals surface area contributed by atoms with Gasteiger partial charge in [0.1, 0.15) is 5.60 Å². The Labute approximate surface area is 114 Å². The fourth-order valence-electron chi connectivity index (χ4n) is 1.60. The van der Waals surface area contributed by atoms with E-state index in [0.717, 1.165) is 0 Å². The van der Waals surface area contributed by atoms with Crippen LogP contribution in [0.2, 0.25) is 0 Å². The maximum absolute atomic E-state index is 11.7. The molecule has 0 aliphatic heterocycles. The number of alkyl carbamates (subject to hydrolysis) is 1. The van der Waals surface area contributed by atoms with E-state index < -0.39 is 23.7 Å². The first-order valence-corrected chi connectivity index (χ1v) is 6.40. The minimum Gasteiger partial charge on any atom is -0.469 e. The second-order valence-electron chi connectivity index (χ2n) is 5.38. The van der Waals surface area contributed by atoms with Crippen molar-refractivity contribution >= 4 is 12.1 Å². The van der Waals surface area contributed by atoms with Gasteiger partial charge in [0.25, 0.3) is 0 Å². The van der Waals surface area contributed by atoms with Crippen LogP contribution in [0.25, 0.3) is 0 Å². The van der Waals surface area contributed by atoms with Crippen LogP contribution in [0.5, 0.6) is 0 Å². The maximum Gasteiger partial charge on any atom is 0.407 e. The van der Waals surface area contributed by atoms with E-state index in [0.29, 0.717) is 6.42 Å². The van der Waals surface area contributed by atoms with E-state index in [1.807, 2.05) is 6.92 Å². The summed E-state index contributed by atoms with van der Waals surface area (Å²) in [5.41, 5.74) is -0.610. The normalized spacial score (nSPS) is 14.4. The first-order chi connectivity index (χ1) is 8.73. The lowest BCUT2D eigenvalue weighted by Crippen LogP contribution is -2.45. The fraction of sp³-hybridized carbons (Fsp3) is 0.846. The van der Waals surface area contributed by atoms with Gasteiger partial charge in [-0.15, -0.1) is 0 Å². The minimum atomic E-state index is -0.610. The number of rotatable bonds is 6. The molecule has 0 saturated carbocycles. The second-order valence-corrected chi connectivity index (χ2v) is 5.38. The number of nitrogens with one attached hydrogen (secondary N) is 1. The van der Waals surface area contributed by atoms with Crippen molar-refractivity contribution in [2.45, 2.75) is 52.2 Å². The van der Waals surface area contributed by atoms with Gasteiger partial charge < -0.3 is 19.9 Å². The zero-order valence-electron chi connectivity index (χ0n) is 12.4. The average Bonchev–Trinajstić information content (AvgIpc) is 2.27. The largest absolute Gasteiger partial charge is 0.469 e. The van der Waals surface area contributed by atoms with E-state index >= 15 is 0 Å². The standard InChI is InChI=1S/C13H25NO5/c1-6-9(8-15)10(7-11(16)18-5)14-12(17)19-13(2,3)4/h9-10,15H,6-8H2,1-5H3,(H,14,17)/t9?,10-/m1/s1. The smallest absolute Gasteiger partial charge is 0.407 e. The van der Waals surface area contributed by atoms with Crippen LogP contribution in [0.4, 0.5) is 4.79 Å². The summed E-state index contributed by atoms with van der Waals surface area (Å²) in [6.45, 7) is 7.03. The van der Waals surface area contributed by atoms with Gasteiger partial charge in [0.05, 0.1) is 13.5 Å². The van der Waals surface area contributed by atoms with Gasteiger partial charge in [0, 0.05) is 18.6 Å². The monoisotopic (exact) mass is 275 g/mol. The molecule has 0 rings (SSSR count). The quantitative estimate of drug-likeness (QED) is 0.717. The summed E-state index contributed by atoms with van der Waals surface area (Å²) in [7, 11) is 1.28. The number of aliphatic hydroxyl groups excluding tert-OH is 1. The molecule has 0 spiro atoms. The van der Waals surface area contributed by atoms with Crippen molar-refractivity contribution in [1.29, 1.82) is 0 Å². The Morgan fingerprint density at radius 3 is 2.26 bits per heavy atom. The number of amides is 1. The molecule has 2 N–H and O–H groups in total. The molecule has 2 atom stereocenters. The Morgan fingerprint density at radius 1 is 1.32 bits per heavy atom. The number of methoxy groups -OCH3 is 1. The maximum atomic E-state index is 11.7. The Kier molecular flexibility index (Phi) is 7.44. The number of hydrogen-bond acceptors (Lipinski definition) is 5. The molecule has 1 amide bonds. The SMILES string of the molecule is CCC(CO)[C@@H](CC(=O)OC)NC(=O)OC(C)(C)C. The Hall–Kier alpha value is -1.30. The van der Waals surface area contributed by atoms with Crippen LogP contribution >= 0.6 is 0 Å². The van der Waals surface area contributed by atoms with Crippen LogP contribution in [-0.4, -0.2) is 42.5 Å². The van der Waals surface area contributed by atoms with Gasteiger partial charge in [-0.3, -0.25) is 4.79 Å². The van der Waals surface area contributed by atoms with Gasteiger partial charge in [-0.05, 0) is 27.2 Å². The average molecular weight is 275 g/mol. The number of carbonyl (C=O) groups excluding carboxylic acids is 2.